The van der Waals surface area contributed by atoms with Gasteiger partial charge in [-0.25, -0.2) is 0 Å². The molecule has 0 spiro atoms. The van der Waals surface area contributed by atoms with Crippen molar-refractivity contribution in [2.45, 2.75) is 6.92 Å². The van der Waals surface area contributed by atoms with Crippen molar-refractivity contribution in [3.63, 3.8) is 0 Å². The second kappa shape index (κ2) is 6.28. The summed E-state index contributed by atoms with van der Waals surface area (Å²) in [5, 5.41) is 14.9. The van der Waals surface area contributed by atoms with Crippen LogP contribution in [0.2, 0.25) is 5.02 Å². The van der Waals surface area contributed by atoms with Crippen molar-refractivity contribution in [3.05, 3.63) is 64.2 Å². The number of anilines is 1. The van der Waals surface area contributed by atoms with E-state index >= 15 is 0 Å². The zero-order chi connectivity index (χ0) is 15.4. The number of nitrogens with one attached hydrogen (secondary N) is 1. The Labute approximate surface area is 127 Å². The lowest BCUT2D eigenvalue weighted by Gasteiger charge is -2.11. The summed E-state index contributed by atoms with van der Waals surface area (Å²) in [6, 6.07) is 11.8. The summed E-state index contributed by atoms with van der Waals surface area (Å²) in [5.74, 6) is -0.407. The van der Waals surface area contributed by atoms with Gasteiger partial charge in [0.05, 0.1) is 5.69 Å². The van der Waals surface area contributed by atoms with Crippen LogP contribution in [0.3, 0.4) is 0 Å². The second-order valence-corrected chi connectivity index (χ2v) is 4.93. The SMILES string of the molecule is Cc1ccc(C(=O)Nc2cc(Cl)ccc2C(N)=NO)cc1. The summed E-state index contributed by atoms with van der Waals surface area (Å²) in [4.78, 5) is 12.2. The number of nitrogens with zero attached hydrogens (tertiary/aromatic N) is 1. The molecule has 0 saturated heterocycles. The molecule has 0 saturated carbocycles. The molecule has 2 rings (SSSR count). The summed E-state index contributed by atoms with van der Waals surface area (Å²) in [6.07, 6.45) is 0. The number of oxime groups is 1. The third kappa shape index (κ3) is 3.52. The Balaban J connectivity index is 2.32. The third-order valence-corrected chi connectivity index (χ3v) is 3.16. The minimum absolute atomic E-state index is 0.106. The number of carbonyl (C=O) groups is 1. The van der Waals surface area contributed by atoms with Gasteiger partial charge >= 0.3 is 0 Å². The molecule has 0 atom stereocenters. The van der Waals surface area contributed by atoms with Crippen LogP contribution in [0.15, 0.2) is 47.6 Å². The maximum absolute atomic E-state index is 12.2. The molecule has 0 aliphatic carbocycles. The molecular formula is C15H14ClN3O2. The fourth-order valence-electron chi connectivity index (χ4n) is 1.80. The average molecular weight is 304 g/mol. The van der Waals surface area contributed by atoms with E-state index in [9.17, 15) is 4.79 Å². The highest BCUT2D eigenvalue weighted by Crippen LogP contribution is 2.22. The van der Waals surface area contributed by atoms with Gasteiger partial charge in [0.25, 0.3) is 5.91 Å². The van der Waals surface area contributed by atoms with Gasteiger partial charge in [-0.15, -0.1) is 0 Å². The van der Waals surface area contributed by atoms with E-state index in [0.717, 1.165) is 5.56 Å². The van der Waals surface area contributed by atoms with Crippen molar-refractivity contribution in [1.82, 2.24) is 0 Å². The molecule has 4 N–H and O–H groups in total. The predicted octanol–water partition coefficient (Wildman–Crippen LogP) is 3.00. The van der Waals surface area contributed by atoms with Crippen LogP contribution in [0.25, 0.3) is 0 Å². The topological polar surface area (TPSA) is 87.7 Å². The molecule has 2 aromatic carbocycles. The Morgan fingerprint density at radius 1 is 1.24 bits per heavy atom. The fraction of sp³-hybridized carbons (Fsp3) is 0.0667. The number of amides is 1. The first-order valence-electron chi connectivity index (χ1n) is 6.16. The zero-order valence-electron chi connectivity index (χ0n) is 11.3. The van der Waals surface area contributed by atoms with E-state index in [1.165, 1.54) is 0 Å². The molecule has 2 aromatic rings. The van der Waals surface area contributed by atoms with E-state index in [1.54, 1.807) is 30.3 Å². The van der Waals surface area contributed by atoms with Crippen molar-refractivity contribution in [2.75, 3.05) is 5.32 Å². The Bertz CT molecular complexity index is 697. The molecule has 0 aliphatic heterocycles. The highest BCUT2D eigenvalue weighted by atomic mass is 35.5. The van der Waals surface area contributed by atoms with Gasteiger partial charge in [-0.05, 0) is 37.3 Å². The Morgan fingerprint density at radius 3 is 2.52 bits per heavy atom. The lowest BCUT2D eigenvalue weighted by molar-refractivity contribution is 0.102. The van der Waals surface area contributed by atoms with Gasteiger partial charge in [0.15, 0.2) is 5.84 Å². The fourth-order valence-corrected chi connectivity index (χ4v) is 1.97. The molecule has 108 valence electrons. The van der Waals surface area contributed by atoms with Gasteiger partial charge in [0.1, 0.15) is 0 Å². The predicted molar refractivity (Wildman–Crippen MR) is 83.1 cm³/mol. The van der Waals surface area contributed by atoms with E-state index in [4.69, 9.17) is 22.5 Å². The van der Waals surface area contributed by atoms with Crippen molar-refractivity contribution < 1.29 is 10.0 Å². The van der Waals surface area contributed by atoms with Crippen molar-refractivity contribution in [3.8, 4) is 0 Å². The molecule has 0 radical (unpaired) electrons. The van der Waals surface area contributed by atoms with Crippen LogP contribution >= 0.6 is 11.6 Å². The Hall–Kier alpha value is -2.53. The molecule has 0 bridgehead atoms. The minimum Gasteiger partial charge on any atom is -0.409 e. The van der Waals surface area contributed by atoms with Crippen molar-refractivity contribution in [1.29, 1.82) is 0 Å². The van der Waals surface area contributed by atoms with Crippen LogP contribution in [0, 0.1) is 6.92 Å². The van der Waals surface area contributed by atoms with Gasteiger partial charge in [-0.2, -0.15) is 0 Å². The number of carbonyl (C=O) groups excluding carboxylic acids is 1. The number of halogens is 1. The first-order chi connectivity index (χ1) is 10.0. The number of hydrogen-bond acceptors (Lipinski definition) is 3. The van der Waals surface area contributed by atoms with Gasteiger partial charge in [-0.3, -0.25) is 4.79 Å². The maximum atomic E-state index is 12.2. The van der Waals surface area contributed by atoms with E-state index in [-0.39, 0.29) is 11.7 Å². The maximum Gasteiger partial charge on any atom is 0.255 e. The number of benzene rings is 2. The highest BCUT2D eigenvalue weighted by Gasteiger charge is 2.12. The van der Waals surface area contributed by atoms with Gasteiger partial charge in [0.2, 0.25) is 0 Å². The normalized spacial score (nSPS) is 11.2. The van der Waals surface area contributed by atoms with Crippen LogP contribution in [0.1, 0.15) is 21.5 Å². The summed E-state index contributed by atoms with van der Waals surface area (Å²) >= 11 is 5.92. The van der Waals surface area contributed by atoms with Gasteiger partial charge in [0, 0.05) is 16.1 Å². The van der Waals surface area contributed by atoms with Gasteiger partial charge < -0.3 is 16.3 Å². The van der Waals surface area contributed by atoms with E-state index in [1.807, 2.05) is 19.1 Å². The van der Waals surface area contributed by atoms with Crippen LogP contribution in [-0.2, 0) is 0 Å². The monoisotopic (exact) mass is 303 g/mol. The molecule has 1 amide bonds. The molecule has 0 aliphatic rings. The lowest BCUT2D eigenvalue weighted by atomic mass is 10.1. The van der Waals surface area contributed by atoms with Crippen LogP contribution in [0.5, 0.6) is 0 Å². The summed E-state index contributed by atoms with van der Waals surface area (Å²) in [7, 11) is 0. The van der Waals surface area contributed by atoms with Crippen molar-refractivity contribution in [2.24, 2.45) is 10.9 Å². The first kappa shape index (κ1) is 14.9. The summed E-state index contributed by atoms with van der Waals surface area (Å²) in [5.41, 5.74) is 7.92. The Kier molecular flexibility index (Phi) is 4.45. The first-order valence-corrected chi connectivity index (χ1v) is 6.54. The number of rotatable bonds is 3. The largest absolute Gasteiger partial charge is 0.409 e. The van der Waals surface area contributed by atoms with E-state index in [0.29, 0.717) is 21.8 Å². The molecule has 0 aromatic heterocycles. The average Bonchev–Trinajstić information content (AvgIpc) is 2.47. The molecule has 21 heavy (non-hydrogen) atoms. The highest BCUT2D eigenvalue weighted by molar-refractivity contribution is 6.31. The van der Waals surface area contributed by atoms with Crippen LogP contribution in [0.4, 0.5) is 5.69 Å². The third-order valence-electron chi connectivity index (χ3n) is 2.93. The van der Waals surface area contributed by atoms with Crippen LogP contribution < -0.4 is 11.1 Å². The smallest absolute Gasteiger partial charge is 0.255 e. The Morgan fingerprint density at radius 2 is 1.90 bits per heavy atom. The molecule has 0 unspecified atom stereocenters. The molecule has 5 nitrogen and oxygen atoms in total. The number of aryl methyl sites for hydroxylation is 1. The molecule has 0 fully saturated rings. The number of amidine groups is 1. The number of hydrogen-bond donors (Lipinski definition) is 3. The second-order valence-electron chi connectivity index (χ2n) is 4.50. The van der Waals surface area contributed by atoms with E-state index in [2.05, 4.69) is 10.5 Å². The molecular weight excluding hydrogens is 290 g/mol. The number of nitrogens with two attached hydrogens (primary N) is 1. The zero-order valence-corrected chi connectivity index (χ0v) is 12.1. The van der Waals surface area contributed by atoms with Crippen molar-refractivity contribution >= 4 is 29.0 Å². The molecule has 0 heterocycles. The van der Waals surface area contributed by atoms with E-state index < -0.39 is 0 Å². The van der Waals surface area contributed by atoms with Gasteiger partial charge in [-0.1, -0.05) is 34.5 Å². The minimum atomic E-state index is -0.302. The lowest BCUT2D eigenvalue weighted by Crippen LogP contribution is -2.19. The summed E-state index contributed by atoms with van der Waals surface area (Å²) < 4.78 is 0. The molecule has 6 heteroatoms. The van der Waals surface area contributed by atoms with Crippen LogP contribution in [-0.4, -0.2) is 17.0 Å². The quantitative estimate of drug-likeness (QED) is 0.352. The summed E-state index contributed by atoms with van der Waals surface area (Å²) in [6.45, 7) is 1.94. The standard InChI is InChI=1S/C15H14ClN3O2/c1-9-2-4-10(5-3-9)15(20)18-13-8-11(16)6-7-12(13)14(17)19-21/h2-8,21H,1H3,(H2,17,19)(H,18,20).